The molecular formula is C30H40F4IN3O. The number of benzene rings is 1. The predicted molar refractivity (Wildman–Crippen MR) is 157 cm³/mol. The lowest BCUT2D eigenvalue weighted by atomic mass is 9.67. The van der Waals surface area contributed by atoms with E-state index in [4.69, 9.17) is 4.74 Å². The van der Waals surface area contributed by atoms with Crippen LogP contribution in [0.4, 0.5) is 17.6 Å². The van der Waals surface area contributed by atoms with Gasteiger partial charge in [-0.2, -0.15) is 18.3 Å². The minimum Gasteiger partial charge on any atom is -0.491 e. The van der Waals surface area contributed by atoms with Crippen molar-refractivity contribution in [3.8, 4) is 17.0 Å². The molecule has 1 N–H and O–H groups in total. The number of halogens is 5. The molecule has 0 amide bonds. The Hall–Kier alpha value is -1.91. The van der Waals surface area contributed by atoms with Crippen molar-refractivity contribution in [2.75, 3.05) is 6.61 Å². The number of ether oxygens (including phenoxy) is 1. The van der Waals surface area contributed by atoms with Crippen LogP contribution < -0.4 is 4.74 Å². The monoisotopic (exact) mass is 661 g/mol. The molecule has 0 unspecified atom stereocenters. The van der Waals surface area contributed by atoms with Gasteiger partial charge in [-0.05, 0) is 70.0 Å². The summed E-state index contributed by atoms with van der Waals surface area (Å²) in [5, 5.41) is 7.70. The molecule has 0 fully saturated rings. The molecule has 0 bridgehead atoms. The smallest absolute Gasteiger partial charge is 0.393 e. The number of hydrogen-bond acceptors (Lipinski definition) is 3. The first kappa shape index (κ1) is 31.6. The number of fused-ring (bicyclic) bond motifs is 1. The number of aromatic nitrogens is 3. The average Bonchev–Trinajstić information content (AvgIpc) is 3.20. The fraction of sp³-hybridized carbons (Fsp3) is 0.600. The van der Waals surface area contributed by atoms with Crippen molar-refractivity contribution >= 4 is 33.5 Å². The van der Waals surface area contributed by atoms with Crippen LogP contribution in [-0.4, -0.2) is 28.0 Å². The summed E-state index contributed by atoms with van der Waals surface area (Å²) in [6.45, 7) is 11.8. The number of pyridine rings is 1. The van der Waals surface area contributed by atoms with E-state index in [2.05, 4.69) is 72.4 Å². The van der Waals surface area contributed by atoms with Crippen molar-refractivity contribution in [3.63, 3.8) is 0 Å². The lowest BCUT2D eigenvalue weighted by Gasteiger charge is -2.39. The molecule has 0 spiro atoms. The first-order valence-electron chi connectivity index (χ1n) is 13.7. The van der Waals surface area contributed by atoms with Gasteiger partial charge >= 0.3 is 6.18 Å². The second-order valence-electron chi connectivity index (χ2n) is 12.1. The minimum atomic E-state index is -4.46. The molecular weight excluding hydrogens is 621 g/mol. The number of hydrogen-bond donors (Lipinski definition) is 1. The Labute approximate surface area is 242 Å². The van der Waals surface area contributed by atoms with E-state index in [1.807, 2.05) is 0 Å². The Balaban J connectivity index is 1.51. The summed E-state index contributed by atoms with van der Waals surface area (Å²) in [5.41, 5.74) is 1.41. The van der Waals surface area contributed by atoms with Gasteiger partial charge < -0.3 is 4.74 Å². The first-order chi connectivity index (χ1) is 18.2. The minimum absolute atomic E-state index is 0.0781. The molecule has 0 aliphatic heterocycles. The van der Waals surface area contributed by atoms with Crippen LogP contribution in [0.15, 0.2) is 24.4 Å². The Kier molecular flexibility index (Phi) is 10.7. The summed E-state index contributed by atoms with van der Waals surface area (Å²) in [5.74, 6) is -0.859. The maximum Gasteiger partial charge on any atom is 0.393 e. The normalized spacial score (nSPS) is 12.9. The van der Waals surface area contributed by atoms with Gasteiger partial charge in [0.2, 0.25) is 0 Å². The van der Waals surface area contributed by atoms with E-state index in [1.54, 1.807) is 6.07 Å². The van der Waals surface area contributed by atoms with Crippen LogP contribution in [0.3, 0.4) is 0 Å². The van der Waals surface area contributed by atoms with E-state index < -0.39 is 18.4 Å². The number of aromatic amines is 1. The molecule has 3 aromatic rings. The van der Waals surface area contributed by atoms with Gasteiger partial charge in [0.1, 0.15) is 3.70 Å². The topological polar surface area (TPSA) is 50.8 Å². The zero-order valence-corrected chi connectivity index (χ0v) is 25.7. The second-order valence-corrected chi connectivity index (χ2v) is 13.1. The van der Waals surface area contributed by atoms with Gasteiger partial charge in [0.05, 0.1) is 29.6 Å². The molecule has 2 aromatic heterocycles. The fourth-order valence-corrected chi connectivity index (χ4v) is 4.98. The van der Waals surface area contributed by atoms with Crippen molar-refractivity contribution in [1.82, 2.24) is 15.2 Å². The molecule has 0 saturated heterocycles. The summed E-state index contributed by atoms with van der Waals surface area (Å²) < 4.78 is 61.4. The third-order valence-electron chi connectivity index (χ3n) is 7.95. The molecule has 0 aliphatic rings. The van der Waals surface area contributed by atoms with Crippen LogP contribution in [0.5, 0.6) is 5.75 Å². The van der Waals surface area contributed by atoms with E-state index in [-0.39, 0.29) is 29.2 Å². The summed E-state index contributed by atoms with van der Waals surface area (Å²) in [4.78, 5) is 4.28. The molecule has 3 rings (SSSR count). The number of H-pyrrole nitrogens is 1. The standard InChI is InChI=1S/C30H40F4IN3O/c1-28(2,3)29(4,5)13-11-9-7-6-8-10-12-14-39-26-15-20(18-30(32,33)34)21(16-23(26)31)24-17-25-22(19-36-24)27(35)38-37-25/h15-17,19H,6-14,18H2,1-5H3,(H,37,38). The summed E-state index contributed by atoms with van der Waals surface area (Å²) in [6.07, 6.45) is 4.59. The Morgan fingerprint density at radius 3 is 2.18 bits per heavy atom. The summed E-state index contributed by atoms with van der Waals surface area (Å²) >= 11 is 2.06. The van der Waals surface area contributed by atoms with Crippen molar-refractivity contribution < 1.29 is 22.3 Å². The number of alkyl halides is 3. The molecule has 4 nitrogen and oxygen atoms in total. The van der Waals surface area contributed by atoms with Crippen molar-refractivity contribution in [2.24, 2.45) is 10.8 Å². The fourth-order valence-electron chi connectivity index (χ4n) is 4.44. The molecule has 0 atom stereocenters. The van der Waals surface area contributed by atoms with Crippen LogP contribution in [0.2, 0.25) is 0 Å². The van der Waals surface area contributed by atoms with E-state index in [0.29, 0.717) is 16.3 Å². The highest BCUT2D eigenvalue weighted by Crippen LogP contribution is 2.42. The van der Waals surface area contributed by atoms with Gasteiger partial charge in [0.15, 0.2) is 11.6 Å². The van der Waals surface area contributed by atoms with Crippen LogP contribution in [0.25, 0.3) is 22.2 Å². The first-order valence-corrected chi connectivity index (χ1v) is 14.8. The van der Waals surface area contributed by atoms with Crippen LogP contribution >= 0.6 is 22.6 Å². The number of unbranched alkanes of at least 4 members (excludes halogenated alkanes) is 6. The molecule has 0 radical (unpaired) electrons. The van der Waals surface area contributed by atoms with Crippen LogP contribution in [0, 0.1) is 20.3 Å². The zero-order chi connectivity index (χ0) is 28.8. The maximum absolute atomic E-state index is 14.9. The van der Waals surface area contributed by atoms with Crippen molar-refractivity contribution in [3.05, 3.63) is 39.5 Å². The Bertz CT molecular complexity index is 1230. The van der Waals surface area contributed by atoms with E-state index in [1.165, 1.54) is 31.9 Å². The Morgan fingerprint density at radius 2 is 1.54 bits per heavy atom. The molecule has 9 heteroatoms. The van der Waals surface area contributed by atoms with Gasteiger partial charge in [0, 0.05) is 11.8 Å². The number of nitrogens with one attached hydrogen (secondary N) is 1. The third kappa shape index (κ3) is 9.05. The van der Waals surface area contributed by atoms with Gasteiger partial charge in [-0.3, -0.25) is 10.1 Å². The number of rotatable bonds is 13. The van der Waals surface area contributed by atoms with Crippen molar-refractivity contribution in [1.29, 1.82) is 0 Å². The molecule has 0 aliphatic carbocycles. The highest BCUT2D eigenvalue weighted by Gasteiger charge is 2.32. The van der Waals surface area contributed by atoms with Gasteiger partial charge in [-0.15, -0.1) is 0 Å². The lowest BCUT2D eigenvalue weighted by molar-refractivity contribution is -0.127. The van der Waals surface area contributed by atoms with Crippen LogP contribution in [0.1, 0.15) is 91.5 Å². The molecule has 2 heterocycles. The number of nitrogens with zero attached hydrogens (tertiary/aromatic N) is 2. The Morgan fingerprint density at radius 1 is 0.897 bits per heavy atom. The van der Waals surface area contributed by atoms with Crippen LogP contribution in [-0.2, 0) is 6.42 Å². The quantitative estimate of drug-likeness (QED) is 0.113. The van der Waals surface area contributed by atoms with E-state index >= 15 is 0 Å². The second kappa shape index (κ2) is 13.2. The molecule has 216 valence electrons. The van der Waals surface area contributed by atoms with Gasteiger partial charge in [-0.25, -0.2) is 4.39 Å². The lowest BCUT2D eigenvalue weighted by Crippen LogP contribution is -2.29. The van der Waals surface area contributed by atoms with E-state index in [9.17, 15) is 17.6 Å². The molecule has 0 saturated carbocycles. The molecule has 39 heavy (non-hydrogen) atoms. The zero-order valence-electron chi connectivity index (χ0n) is 23.6. The summed E-state index contributed by atoms with van der Waals surface area (Å²) in [6, 6.07) is 3.81. The highest BCUT2D eigenvalue weighted by molar-refractivity contribution is 14.1. The highest BCUT2D eigenvalue weighted by atomic mass is 127. The SMILES string of the molecule is CC(C)(C)C(C)(C)CCCCCCCCCOc1cc(CC(F)(F)F)c(-c2cc3n[nH]c(I)c3cn2)cc1F. The largest absolute Gasteiger partial charge is 0.491 e. The average molecular weight is 662 g/mol. The third-order valence-corrected chi connectivity index (χ3v) is 8.77. The summed E-state index contributed by atoms with van der Waals surface area (Å²) in [7, 11) is 0. The van der Waals surface area contributed by atoms with Crippen molar-refractivity contribution in [2.45, 2.75) is 98.6 Å². The maximum atomic E-state index is 14.9. The molecule has 1 aromatic carbocycles. The van der Waals surface area contributed by atoms with E-state index in [0.717, 1.165) is 46.9 Å². The predicted octanol–water partition coefficient (Wildman–Crippen LogP) is 10.0. The van der Waals surface area contributed by atoms with Gasteiger partial charge in [-0.1, -0.05) is 73.1 Å². The van der Waals surface area contributed by atoms with Gasteiger partial charge in [0.25, 0.3) is 0 Å².